The highest BCUT2D eigenvalue weighted by Gasteiger charge is 2.14. The van der Waals surface area contributed by atoms with Crippen molar-refractivity contribution in [3.8, 4) is 0 Å². The number of rotatable bonds is 10. The van der Waals surface area contributed by atoms with Crippen molar-refractivity contribution < 1.29 is 29.3 Å². The molecule has 7 heteroatoms. The number of carbonyl (C=O) groups excluding carboxylic acids is 1. The highest BCUT2D eigenvalue weighted by atomic mass is 16.5. The molecule has 0 radical (unpaired) electrons. The molecule has 100 valence electrons. The van der Waals surface area contributed by atoms with Crippen LogP contribution in [0.15, 0.2) is 0 Å². The van der Waals surface area contributed by atoms with Gasteiger partial charge >= 0.3 is 5.97 Å². The fourth-order valence-electron chi connectivity index (χ4n) is 1.15. The van der Waals surface area contributed by atoms with Gasteiger partial charge in [0, 0.05) is 20.2 Å². The predicted molar refractivity (Wildman–Crippen MR) is 58.6 cm³/mol. The van der Waals surface area contributed by atoms with Gasteiger partial charge in [-0.25, -0.2) is 0 Å². The number of aliphatic carboxylic acids is 1. The Morgan fingerprint density at radius 1 is 1.24 bits per heavy atom. The molecule has 0 aromatic carbocycles. The Kier molecular flexibility index (Phi) is 9.31. The van der Waals surface area contributed by atoms with Crippen LogP contribution in [0.2, 0.25) is 0 Å². The zero-order chi connectivity index (χ0) is 13.1. The number of aliphatic hydroxyl groups excluding tert-OH is 1. The van der Waals surface area contributed by atoms with Crippen LogP contribution in [0.1, 0.15) is 6.42 Å². The molecule has 2 N–H and O–H groups in total. The van der Waals surface area contributed by atoms with Gasteiger partial charge in [0.15, 0.2) is 0 Å². The summed E-state index contributed by atoms with van der Waals surface area (Å²) >= 11 is 0. The summed E-state index contributed by atoms with van der Waals surface area (Å²) in [5.41, 5.74) is 0. The lowest BCUT2D eigenvalue weighted by Crippen LogP contribution is -2.38. The maximum absolute atomic E-state index is 11.5. The van der Waals surface area contributed by atoms with Gasteiger partial charge in [-0.3, -0.25) is 9.59 Å². The first-order chi connectivity index (χ1) is 8.11. The van der Waals surface area contributed by atoms with Gasteiger partial charge in [-0.05, 0) is 0 Å². The number of amides is 1. The molecule has 0 aromatic rings. The second-order valence-electron chi connectivity index (χ2n) is 3.29. The molecule has 0 saturated carbocycles. The van der Waals surface area contributed by atoms with E-state index in [1.165, 1.54) is 12.0 Å². The largest absolute Gasteiger partial charge is 0.481 e. The molecule has 1 amide bonds. The molecule has 0 saturated heterocycles. The summed E-state index contributed by atoms with van der Waals surface area (Å²) in [4.78, 5) is 23.3. The van der Waals surface area contributed by atoms with Gasteiger partial charge in [0.05, 0.1) is 26.2 Å². The van der Waals surface area contributed by atoms with E-state index in [9.17, 15) is 9.59 Å². The lowest BCUT2D eigenvalue weighted by molar-refractivity contribution is -0.140. The molecule has 7 nitrogen and oxygen atoms in total. The minimum absolute atomic E-state index is 0.0822. The van der Waals surface area contributed by atoms with Crippen molar-refractivity contribution in [1.29, 1.82) is 0 Å². The molecule has 0 aromatic heterocycles. The van der Waals surface area contributed by atoms with Crippen LogP contribution in [0.4, 0.5) is 0 Å². The van der Waals surface area contributed by atoms with Crippen LogP contribution in [0, 0.1) is 0 Å². The maximum atomic E-state index is 11.5. The highest BCUT2D eigenvalue weighted by molar-refractivity contribution is 5.78. The molecular weight excluding hydrogens is 230 g/mol. The second kappa shape index (κ2) is 10.0. The summed E-state index contributed by atoms with van der Waals surface area (Å²) < 4.78 is 9.72. The summed E-state index contributed by atoms with van der Waals surface area (Å²) in [5, 5.41) is 17.0. The summed E-state index contributed by atoms with van der Waals surface area (Å²) in [7, 11) is 1.40. The van der Waals surface area contributed by atoms with Crippen molar-refractivity contribution in [2.24, 2.45) is 0 Å². The molecule has 0 aliphatic heterocycles. The SMILES string of the molecule is COCC(=O)N(CCOCCO)CCC(=O)O. The number of ether oxygens (including phenoxy) is 2. The van der Waals surface area contributed by atoms with Gasteiger partial charge in [0.1, 0.15) is 6.61 Å². The summed E-state index contributed by atoms with van der Waals surface area (Å²) in [5.74, 6) is -1.24. The molecule has 0 aliphatic carbocycles. The molecule has 0 aliphatic rings. The van der Waals surface area contributed by atoms with Crippen molar-refractivity contribution in [3.63, 3.8) is 0 Å². The highest BCUT2D eigenvalue weighted by Crippen LogP contribution is 1.95. The van der Waals surface area contributed by atoms with Gasteiger partial charge in [0.25, 0.3) is 0 Å². The van der Waals surface area contributed by atoms with E-state index < -0.39 is 5.97 Å². The normalized spacial score (nSPS) is 10.2. The Morgan fingerprint density at radius 3 is 2.47 bits per heavy atom. The fourth-order valence-corrected chi connectivity index (χ4v) is 1.15. The van der Waals surface area contributed by atoms with E-state index in [0.717, 1.165) is 0 Å². The summed E-state index contributed by atoms with van der Waals surface area (Å²) in [6.07, 6.45) is -0.116. The van der Waals surface area contributed by atoms with Gasteiger partial charge in [-0.2, -0.15) is 0 Å². The molecule has 0 atom stereocenters. The van der Waals surface area contributed by atoms with Crippen molar-refractivity contribution in [3.05, 3.63) is 0 Å². The average molecular weight is 249 g/mol. The van der Waals surface area contributed by atoms with Crippen LogP contribution in [0.5, 0.6) is 0 Å². The van der Waals surface area contributed by atoms with Crippen LogP contribution in [0.25, 0.3) is 0 Å². The minimum atomic E-state index is -0.962. The summed E-state index contributed by atoms with van der Waals surface area (Å²) in [6, 6.07) is 0. The van der Waals surface area contributed by atoms with Gasteiger partial charge in [-0.15, -0.1) is 0 Å². The van der Waals surface area contributed by atoms with E-state index in [-0.39, 0.29) is 51.8 Å². The average Bonchev–Trinajstić information content (AvgIpc) is 2.28. The molecule has 0 bridgehead atoms. The lowest BCUT2D eigenvalue weighted by Gasteiger charge is -2.21. The standard InChI is InChI=1S/C10H19NO6/c1-16-8-9(13)11(3-2-10(14)15)4-6-17-7-5-12/h12H,2-8H2,1H3,(H,14,15). The topological polar surface area (TPSA) is 96.3 Å². The maximum Gasteiger partial charge on any atom is 0.305 e. The number of nitrogens with zero attached hydrogens (tertiary/aromatic N) is 1. The van der Waals surface area contributed by atoms with Crippen LogP contribution in [-0.2, 0) is 19.1 Å². The van der Waals surface area contributed by atoms with Crippen molar-refractivity contribution in [2.75, 3.05) is 46.6 Å². The quantitative estimate of drug-likeness (QED) is 0.479. The predicted octanol–water partition coefficient (Wildman–Crippen LogP) is -1.05. The van der Waals surface area contributed by atoms with E-state index in [1.54, 1.807) is 0 Å². The number of carboxylic acid groups (broad SMARTS) is 1. The van der Waals surface area contributed by atoms with Crippen molar-refractivity contribution >= 4 is 11.9 Å². The number of carbonyl (C=O) groups is 2. The Labute approximate surface area is 99.9 Å². The van der Waals surface area contributed by atoms with E-state index >= 15 is 0 Å². The number of hydrogen-bond acceptors (Lipinski definition) is 5. The molecule has 0 unspecified atom stereocenters. The third kappa shape index (κ3) is 8.61. The third-order valence-electron chi connectivity index (χ3n) is 1.96. The first kappa shape index (κ1) is 15.8. The fraction of sp³-hybridized carbons (Fsp3) is 0.800. The van der Waals surface area contributed by atoms with Gasteiger partial charge in [-0.1, -0.05) is 0 Å². The Hall–Kier alpha value is -1.18. The first-order valence-corrected chi connectivity index (χ1v) is 5.29. The van der Waals surface area contributed by atoms with Crippen LogP contribution in [-0.4, -0.2) is 73.6 Å². The molecule has 0 rings (SSSR count). The number of aliphatic hydroxyl groups is 1. The Balaban J connectivity index is 4.00. The molecule has 0 fully saturated rings. The zero-order valence-electron chi connectivity index (χ0n) is 9.92. The zero-order valence-corrected chi connectivity index (χ0v) is 9.92. The van der Waals surface area contributed by atoms with E-state index in [2.05, 4.69) is 0 Å². The minimum Gasteiger partial charge on any atom is -0.481 e. The van der Waals surface area contributed by atoms with Crippen LogP contribution in [0.3, 0.4) is 0 Å². The van der Waals surface area contributed by atoms with Gasteiger partial charge in [0.2, 0.25) is 5.91 Å². The lowest BCUT2D eigenvalue weighted by atomic mass is 10.3. The third-order valence-corrected chi connectivity index (χ3v) is 1.96. The number of methoxy groups -OCH3 is 1. The Morgan fingerprint density at radius 2 is 1.94 bits per heavy atom. The van der Waals surface area contributed by atoms with Gasteiger partial charge < -0.3 is 24.6 Å². The number of hydrogen-bond donors (Lipinski definition) is 2. The van der Waals surface area contributed by atoms with E-state index in [1.807, 2.05) is 0 Å². The van der Waals surface area contributed by atoms with Crippen LogP contribution < -0.4 is 0 Å². The molecule has 0 spiro atoms. The molecule has 17 heavy (non-hydrogen) atoms. The smallest absolute Gasteiger partial charge is 0.305 e. The Bertz CT molecular complexity index is 233. The molecule has 0 heterocycles. The van der Waals surface area contributed by atoms with E-state index in [0.29, 0.717) is 0 Å². The van der Waals surface area contributed by atoms with Crippen molar-refractivity contribution in [2.45, 2.75) is 6.42 Å². The number of carboxylic acids is 1. The van der Waals surface area contributed by atoms with E-state index in [4.69, 9.17) is 19.7 Å². The monoisotopic (exact) mass is 249 g/mol. The second-order valence-corrected chi connectivity index (χ2v) is 3.29. The van der Waals surface area contributed by atoms with Crippen molar-refractivity contribution in [1.82, 2.24) is 4.90 Å². The van der Waals surface area contributed by atoms with Crippen LogP contribution >= 0.6 is 0 Å². The summed E-state index contributed by atoms with van der Waals surface area (Å²) in [6.45, 7) is 0.705. The molecular formula is C10H19NO6. The first-order valence-electron chi connectivity index (χ1n) is 5.29.